The highest BCUT2D eigenvalue weighted by Gasteiger charge is 2.34. The molecule has 0 spiro atoms. The molecule has 0 unspecified atom stereocenters. The number of methoxy groups -OCH3 is 1. The summed E-state index contributed by atoms with van der Waals surface area (Å²) in [6.07, 6.45) is 0. The maximum absolute atomic E-state index is 14.0. The second kappa shape index (κ2) is 12.7. The average Bonchev–Trinajstić information content (AvgIpc) is 2.89. The van der Waals surface area contributed by atoms with E-state index in [0.717, 1.165) is 9.87 Å². The molecule has 0 heterocycles. The molecule has 0 aliphatic heterocycles. The highest BCUT2D eigenvalue weighted by Crippen LogP contribution is 2.31. The van der Waals surface area contributed by atoms with E-state index < -0.39 is 34.1 Å². The molecule has 0 aliphatic carbocycles. The molecule has 40 heavy (non-hydrogen) atoms. The number of nitrogens with zero attached hydrogens (tertiary/aromatic N) is 2. The zero-order valence-corrected chi connectivity index (χ0v) is 25.2. The number of rotatable bonds is 10. The van der Waals surface area contributed by atoms with Crippen molar-refractivity contribution in [2.75, 3.05) is 18.0 Å². The number of ether oxygens (including phenoxy) is 1. The molecule has 0 fully saturated rings. The van der Waals surface area contributed by atoms with E-state index in [0.29, 0.717) is 11.3 Å². The fourth-order valence-corrected chi connectivity index (χ4v) is 5.75. The Morgan fingerprint density at radius 1 is 1.00 bits per heavy atom. The lowest BCUT2D eigenvalue weighted by Crippen LogP contribution is -2.54. The van der Waals surface area contributed by atoms with E-state index in [4.69, 9.17) is 16.3 Å². The molecule has 10 heteroatoms. The molecule has 1 atom stereocenters. The van der Waals surface area contributed by atoms with E-state index >= 15 is 0 Å². The molecule has 3 aromatic rings. The fourth-order valence-electron chi connectivity index (χ4n) is 4.03. The first-order valence-corrected chi connectivity index (χ1v) is 14.6. The van der Waals surface area contributed by atoms with Crippen molar-refractivity contribution in [1.82, 2.24) is 10.2 Å². The second-order valence-corrected chi connectivity index (χ2v) is 12.8. The third-order valence-corrected chi connectivity index (χ3v) is 8.26. The number of benzene rings is 3. The summed E-state index contributed by atoms with van der Waals surface area (Å²) in [6, 6.07) is 19.0. The molecule has 0 bridgehead atoms. The Morgan fingerprint density at radius 2 is 1.65 bits per heavy atom. The van der Waals surface area contributed by atoms with Crippen LogP contribution in [0.15, 0.2) is 77.7 Å². The number of halogens is 1. The van der Waals surface area contributed by atoms with Crippen molar-refractivity contribution >= 4 is 39.1 Å². The first-order chi connectivity index (χ1) is 18.7. The van der Waals surface area contributed by atoms with E-state index in [1.54, 1.807) is 68.6 Å². The van der Waals surface area contributed by atoms with Crippen LogP contribution in [0.3, 0.4) is 0 Å². The van der Waals surface area contributed by atoms with E-state index in [1.807, 2.05) is 33.8 Å². The Morgan fingerprint density at radius 3 is 2.25 bits per heavy atom. The summed E-state index contributed by atoms with van der Waals surface area (Å²) >= 11 is 6.44. The number of anilines is 1. The lowest BCUT2D eigenvalue weighted by molar-refractivity contribution is -0.140. The first kappa shape index (κ1) is 31.0. The highest BCUT2D eigenvalue weighted by atomic mass is 35.5. The van der Waals surface area contributed by atoms with Gasteiger partial charge in [-0.15, -0.1) is 0 Å². The minimum atomic E-state index is -4.20. The Balaban J connectivity index is 2.06. The van der Waals surface area contributed by atoms with E-state index in [2.05, 4.69) is 5.32 Å². The van der Waals surface area contributed by atoms with Crippen LogP contribution in [0.1, 0.15) is 38.8 Å². The predicted molar refractivity (Wildman–Crippen MR) is 158 cm³/mol. The molecule has 1 N–H and O–H groups in total. The third kappa shape index (κ3) is 7.76. The Bertz CT molecular complexity index is 1450. The highest BCUT2D eigenvalue weighted by molar-refractivity contribution is 7.92. The van der Waals surface area contributed by atoms with Crippen molar-refractivity contribution in [2.45, 2.75) is 57.6 Å². The number of aryl methyl sites for hydroxylation is 1. The van der Waals surface area contributed by atoms with Gasteiger partial charge in [0.05, 0.1) is 22.7 Å². The van der Waals surface area contributed by atoms with Crippen LogP contribution >= 0.6 is 11.6 Å². The van der Waals surface area contributed by atoms with E-state index in [9.17, 15) is 18.0 Å². The summed E-state index contributed by atoms with van der Waals surface area (Å²) < 4.78 is 34.1. The quantitative estimate of drug-likeness (QED) is 0.353. The molecular formula is C30H36ClN3O5S. The van der Waals surface area contributed by atoms with Gasteiger partial charge in [0.25, 0.3) is 10.0 Å². The van der Waals surface area contributed by atoms with Crippen molar-refractivity contribution in [3.8, 4) is 5.75 Å². The summed E-state index contributed by atoms with van der Waals surface area (Å²) in [4.78, 5) is 28.6. The largest absolute Gasteiger partial charge is 0.497 e. The summed E-state index contributed by atoms with van der Waals surface area (Å²) in [5.74, 6) is -0.347. The van der Waals surface area contributed by atoms with Crippen LogP contribution in [-0.4, -0.2) is 50.4 Å². The van der Waals surface area contributed by atoms with Crippen molar-refractivity contribution in [2.24, 2.45) is 0 Å². The fraction of sp³-hybridized carbons (Fsp3) is 0.333. The summed E-state index contributed by atoms with van der Waals surface area (Å²) in [5, 5.41) is 3.08. The van der Waals surface area contributed by atoms with Gasteiger partial charge in [-0.1, -0.05) is 53.6 Å². The molecular weight excluding hydrogens is 550 g/mol. The minimum absolute atomic E-state index is 0.0173. The van der Waals surface area contributed by atoms with Gasteiger partial charge in [0.1, 0.15) is 18.3 Å². The molecule has 8 nitrogen and oxygen atoms in total. The Kier molecular flexibility index (Phi) is 9.87. The number of carbonyl (C=O) groups excluding carboxylic acids is 2. The maximum atomic E-state index is 14.0. The number of sulfonamides is 1. The second-order valence-electron chi connectivity index (χ2n) is 10.6. The predicted octanol–water partition coefficient (Wildman–Crippen LogP) is 5.18. The Labute approximate surface area is 241 Å². The number of para-hydroxylation sites is 1. The number of nitrogens with one attached hydrogen (secondary N) is 1. The van der Waals surface area contributed by atoms with Gasteiger partial charge in [-0.25, -0.2) is 8.42 Å². The van der Waals surface area contributed by atoms with Gasteiger partial charge < -0.3 is 15.0 Å². The maximum Gasteiger partial charge on any atom is 0.264 e. The molecule has 0 radical (unpaired) electrons. The van der Waals surface area contributed by atoms with Crippen molar-refractivity contribution in [3.63, 3.8) is 0 Å². The molecule has 214 valence electrons. The van der Waals surface area contributed by atoms with Gasteiger partial charge in [0.15, 0.2) is 0 Å². The number of carbonyl (C=O) groups is 2. The number of amides is 2. The lowest BCUT2D eigenvalue weighted by Gasteiger charge is -2.33. The van der Waals surface area contributed by atoms with Gasteiger partial charge in [-0.3, -0.25) is 13.9 Å². The van der Waals surface area contributed by atoms with Crippen LogP contribution < -0.4 is 14.4 Å². The smallest absolute Gasteiger partial charge is 0.264 e. The van der Waals surface area contributed by atoms with Crippen LogP contribution in [0.2, 0.25) is 5.02 Å². The molecule has 3 rings (SSSR count). The van der Waals surface area contributed by atoms with Gasteiger partial charge >= 0.3 is 0 Å². The van der Waals surface area contributed by atoms with Gasteiger partial charge in [0.2, 0.25) is 11.8 Å². The van der Waals surface area contributed by atoms with Gasteiger partial charge in [-0.05, 0) is 76.6 Å². The Hall–Kier alpha value is -3.56. The van der Waals surface area contributed by atoms with Crippen LogP contribution in [0, 0.1) is 6.92 Å². The van der Waals surface area contributed by atoms with Crippen molar-refractivity contribution < 1.29 is 22.7 Å². The van der Waals surface area contributed by atoms with Crippen LogP contribution in [0.5, 0.6) is 5.75 Å². The van der Waals surface area contributed by atoms with Crippen molar-refractivity contribution in [1.29, 1.82) is 0 Å². The monoisotopic (exact) mass is 585 g/mol. The zero-order valence-electron chi connectivity index (χ0n) is 23.6. The third-order valence-electron chi connectivity index (χ3n) is 6.16. The molecule has 2 amide bonds. The van der Waals surface area contributed by atoms with Crippen LogP contribution in [-0.2, 0) is 26.2 Å². The van der Waals surface area contributed by atoms with Crippen LogP contribution in [0.4, 0.5) is 5.69 Å². The van der Waals surface area contributed by atoms with Crippen LogP contribution in [0.25, 0.3) is 0 Å². The molecule has 0 saturated heterocycles. The molecule has 0 aliphatic rings. The topological polar surface area (TPSA) is 96.0 Å². The van der Waals surface area contributed by atoms with E-state index in [1.165, 1.54) is 17.0 Å². The summed E-state index contributed by atoms with van der Waals surface area (Å²) in [6.45, 7) is 8.49. The number of hydrogen-bond acceptors (Lipinski definition) is 5. The summed E-state index contributed by atoms with van der Waals surface area (Å²) in [7, 11) is -2.66. The normalized spacial score (nSPS) is 12.4. The molecule has 3 aromatic carbocycles. The molecule has 0 saturated carbocycles. The average molecular weight is 586 g/mol. The minimum Gasteiger partial charge on any atom is -0.497 e. The van der Waals surface area contributed by atoms with Crippen molar-refractivity contribution in [3.05, 3.63) is 88.9 Å². The zero-order chi connectivity index (χ0) is 29.7. The standard InChI is InChI=1S/C30H36ClN3O5S/c1-21-14-16-25(17-15-21)40(37,38)34(27-13-8-7-12-26(27)31)20-28(35)33(22(2)29(36)32-30(3,4)5)19-23-10-9-11-24(18-23)39-6/h7-18,22H,19-20H2,1-6H3,(H,32,36)/t22-/m0/s1. The van der Waals surface area contributed by atoms with Gasteiger partial charge in [0, 0.05) is 12.1 Å². The first-order valence-electron chi connectivity index (χ1n) is 12.8. The summed E-state index contributed by atoms with van der Waals surface area (Å²) in [5.41, 5.74) is 1.23. The van der Waals surface area contributed by atoms with Gasteiger partial charge in [-0.2, -0.15) is 0 Å². The SMILES string of the molecule is COc1cccc(CN(C(=O)CN(c2ccccc2Cl)S(=O)(=O)c2ccc(C)cc2)[C@@H](C)C(=O)NC(C)(C)C)c1. The lowest BCUT2D eigenvalue weighted by atomic mass is 10.1. The number of hydrogen-bond donors (Lipinski definition) is 1. The van der Waals surface area contributed by atoms with E-state index in [-0.39, 0.29) is 28.1 Å². The molecule has 0 aromatic heterocycles.